The van der Waals surface area contributed by atoms with Gasteiger partial charge in [0.1, 0.15) is 0 Å². The highest BCUT2D eigenvalue weighted by molar-refractivity contribution is 6.59. The van der Waals surface area contributed by atoms with Crippen LogP contribution in [-0.4, -0.2) is 22.2 Å². The van der Waals surface area contributed by atoms with Crippen molar-refractivity contribution in [1.82, 2.24) is 4.98 Å². The van der Waals surface area contributed by atoms with E-state index in [2.05, 4.69) is 4.98 Å². The van der Waals surface area contributed by atoms with Crippen LogP contribution in [0.15, 0.2) is 12.4 Å². The topological polar surface area (TPSA) is 53.4 Å². The minimum atomic E-state index is -1.39. The van der Waals surface area contributed by atoms with Gasteiger partial charge in [0.05, 0.1) is 0 Å². The largest absolute Gasteiger partial charge is 0.489 e. The summed E-state index contributed by atoms with van der Waals surface area (Å²) in [5.74, 6) is 0. The Morgan fingerprint density at radius 2 is 1.64 bits per heavy atom. The van der Waals surface area contributed by atoms with E-state index in [-0.39, 0.29) is 0 Å². The SMILES string of the molecule is Cc1cncc(C)c1B(O)O. The molecule has 4 heteroatoms. The monoisotopic (exact) mass is 151 g/mol. The quantitative estimate of drug-likeness (QED) is 0.525. The maximum absolute atomic E-state index is 8.91. The highest BCUT2D eigenvalue weighted by Gasteiger charge is 2.15. The fraction of sp³-hybridized carbons (Fsp3) is 0.286. The van der Waals surface area contributed by atoms with Crippen molar-refractivity contribution in [2.24, 2.45) is 0 Å². The average molecular weight is 151 g/mol. The molecule has 2 N–H and O–H groups in total. The Morgan fingerprint density at radius 1 is 1.18 bits per heavy atom. The van der Waals surface area contributed by atoms with E-state index in [0.717, 1.165) is 11.1 Å². The lowest BCUT2D eigenvalue weighted by Crippen LogP contribution is -2.34. The van der Waals surface area contributed by atoms with Crippen LogP contribution in [0.3, 0.4) is 0 Å². The molecular formula is C7H10BNO2. The summed E-state index contributed by atoms with van der Waals surface area (Å²) in [5, 5.41) is 17.8. The van der Waals surface area contributed by atoms with Gasteiger partial charge < -0.3 is 10.0 Å². The molecule has 0 saturated heterocycles. The standard InChI is InChI=1S/C7H10BNO2/c1-5-3-9-4-6(2)7(5)8(10)11/h3-4,10-11H,1-2H3. The average Bonchev–Trinajstić information content (AvgIpc) is 1.85. The van der Waals surface area contributed by atoms with E-state index in [0.29, 0.717) is 5.46 Å². The minimum Gasteiger partial charge on any atom is -0.423 e. The minimum absolute atomic E-state index is 0.556. The Bertz CT molecular complexity index is 242. The molecule has 11 heavy (non-hydrogen) atoms. The van der Waals surface area contributed by atoms with Gasteiger partial charge >= 0.3 is 7.12 Å². The first kappa shape index (κ1) is 8.23. The lowest BCUT2D eigenvalue weighted by molar-refractivity contribution is 0.425. The van der Waals surface area contributed by atoms with E-state index in [1.54, 1.807) is 26.2 Å². The molecule has 0 saturated carbocycles. The number of hydrogen-bond donors (Lipinski definition) is 2. The first-order valence-electron chi connectivity index (χ1n) is 3.40. The van der Waals surface area contributed by atoms with Crippen LogP contribution in [-0.2, 0) is 0 Å². The summed E-state index contributed by atoms with van der Waals surface area (Å²) < 4.78 is 0. The van der Waals surface area contributed by atoms with Crippen molar-refractivity contribution >= 4 is 12.6 Å². The highest BCUT2D eigenvalue weighted by Crippen LogP contribution is 1.96. The molecule has 0 atom stereocenters. The smallest absolute Gasteiger partial charge is 0.423 e. The maximum atomic E-state index is 8.91. The van der Waals surface area contributed by atoms with E-state index >= 15 is 0 Å². The third-order valence-corrected chi connectivity index (χ3v) is 1.64. The molecule has 0 bridgehead atoms. The fourth-order valence-electron chi connectivity index (χ4n) is 1.12. The van der Waals surface area contributed by atoms with E-state index in [1.165, 1.54) is 0 Å². The van der Waals surface area contributed by atoms with Crippen molar-refractivity contribution in [1.29, 1.82) is 0 Å². The predicted molar refractivity (Wildman–Crippen MR) is 43.5 cm³/mol. The molecule has 0 aliphatic carbocycles. The molecule has 3 nitrogen and oxygen atoms in total. The van der Waals surface area contributed by atoms with Crippen LogP contribution < -0.4 is 5.46 Å². The van der Waals surface area contributed by atoms with Gasteiger partial charge in [-0.3, -0.25) is 4.98 Å². The summed E-state index contributed by atoms with van der Waals surface area (Å²) in [6.07, 6.45) is 3.23. The molecule has 0 aliphatic heterocycles. The molecule has 0 amide bonds. The van der Waals surface area contributed by atoms with Crippen LogP contribution in [0.4, 0.5) is 0 Å². The second-order valence-corrected chi connectivity index (χ2v) is 2.56. The molecule has 0 fully saturated rings. The van der Waals surface area contributed by atoms with Crippen LogP contribution >= 0.6 is 0 Å². The predicted octanol–water partition coefficient (Wildman–Crippen LogP) is -0.622. The summed E-state index contributed by atoms with van der Waals surface area (Å²) in [6, 6.07) is 0. The maximum Gasteiger partial charge on any atom is 0.489 e. The number of aryl methyl sites for hydroxylation is 2. The van der Waals surface area contributed by atoms with Crippen molar-refractivity contribution < 1.29 is 10.0 Å². The second-order valence-electron chi connectivity index (χ2n) is 2.56. The van der Waals surface area contributed by atoms with Crippen LogP contribution in [0.25, 0.3) is 0 Å². The van der Waals surface area contributed by atoms with E-state index in [1.807, 2.05) is 0 Å². The molecule has 0 unspecified atom stereocenters. The summed E-state index contributed by atoms with van der Waals surface area (Å²) in [4.78, 5) is 3.90. The van der Waals surface area contributed by atoms with E-state index < -0.39 is 7.12 Å². The molecule has 1 heterocycles. The zero-order valence-corrected chi connectivity index (χ0v) is 6.57. The number of nitrogens with zero attached hydrogens (tertiary/aromatic N) is 1. The summed E-state index contributed by atoms with van der Waals surface area (Å²) in [6.45, 7) is 3.60. The molecule has 58 valence electrons. The molecular weight excluding hydrogens is 141 g/mol. The first-order valence-corrected chi connectivity index (χ1v) is 3.40. The van der Waals surface area contributed by atoms with Gasteiger partial charge in [-0.25, -0.2) is 0 Å². The zero-order chi connectivity index (χ0) is 8.43. The third-order valence-electron chi connectivity index (χ3n) is 1.64. The normalized spacial score (nSPS) is 9.82. The first-order chi connectivity index (χ1) is 5.13. The summed E-state index contributed by atoms with van der Waals surface area (Å²) in [5.41, 5.74) is 2.17. The number of aromatic nitrogens is 1. The fourth-order valence-corrected chi connectivity index (χ4v) is 1.12. The van der Waals surface area contributed by atoms with Gasteiger partial charge in [-0.1, -0.05) is 0 Å². The Labute approximate surface area is 65.9 Å². The van der Waals surface area contributed by atoms with Gasteiger partial charge in [-0.2, -0.15) is 0 Å². The molecule has 0 spiro atoms. The highest BCUT2D eigenvalue weighted by atomic mass is 16.4. The second kappa shape index (κ2) is 3.03. The molecule has 1 rings (SSSR count). The van der Waals surface area contributed by atoms with Gasteiger partial charge in [0, 0.05) is 12.4 Å². The molecule has 0 radical (unpaired) electrons. The molecule has 1 aromatic rings. The van der Waals surface area contributed by atoms with E-state index in [9.17, 15) is 0 Å². The number of pyridine rings is 1. The Morgan fingerprint density at radius 3 is 1.91 bits per heavy atom. The number of rotatable bonds is 1. The zero-order valence-electron chi connectivity index (χ0n) is 6.57. The van der Waals surface area contributed by atoms with Gasteiger partial charge in [0.2, 0.25) is 0 Å². The van der Waals surface area contributed by atoms with Gasteiger partial charge in [0.15, 0.2) is 0 Å². The molecule has 0 aliphatic rings. The van der Waals surface area contributed by atoms with Crippen LogP contribution in [0.2, 0.25) is 0 Å². The van der Waals surface area contributed by atoms with Crippen LogP contribution in [0.5, 0.6) is 0 Å². The Balaban J connectivity index is 3.21. The molecule has 1 aromatic heterocycles. The van der Waals surface area contributed by atoms with Gasteiger partial charge in [-0.05, 0) is 30.4 Å². The van der Waals surface area contributed by atoms with Crippen LogP contribution in [0, 0.1) is 13.8 Å². The third kappa shape index (κ3) is 1.58. The van der Waals surface area contributed by atoms with Crippen molar-refractivity contribution in [3.8, 4) is 0 Å². The summed E-state index contributed by atoms with van der Waals surface area (Å²) in [7, 11) is -1.39. The van der Waals surface area contributed by atoms with Crippen molar-refractivity contribution in [3.63, 3.8) is 0 Å². The lowest BCUT2D eigenvalue weighted by atomic mass is 9.75. The van der Waals surface area contributed by atoms with Gasteiger partial charge in [-0.15, -0.1) is 0 Å². The van der Waals surface area contributed by atoms with Crippen molar-refractivity contribution in [3.05, 3.63) is 23.5 Å². The van der Waals surface area contributed by atoms with E-state index in [4.69, 9.17) is 10.0 Å². The summed E-state index contributed by atoms with van der Waals surface area (Å²) >= 11 is 0. The Kier molecular flexibility index (Phi) is 2.26. The van der Waals surface area contributed by atoms with Gasteiger partial charge in [0.25, 0.3) is 0 Å². The Hall–Kier alpha value is -0.865. The number of hydrogen-bond acceptors (Lipinski definition) is 3. The lowest BCUT2D eigenvalue weighted by Gasteiger charge is -2.06. The van der Waals surface area contributed by atoms with Crippen molar-refractivity contribution in [2.75, 3.05) is 0 Å². The molecule has 0 aromatic carbocycles. The van der Waals surface area contributed by atoms with Crippen molar-refractivity contribution in [2.45, 2.75) is 13.8 Å². The van der Waals surface area contributed by atoms with Crippen LogP contribution in [0.1, 0.15) is 11.1 Å².